The number of halogens is 1. The number of hydrogen-bond donors (Lipinski definition) is 1. The van der Waals surface area contributed by atoms with E-state index < -0.39 is 0 Å². The van der Waals surface area contributed by atoms with Gasteiger partial charge in [0.25, 0.3) is 0 Å². The van der Waals surface area contributed by atoms with Crippen LogP contribution in [0.4, 0.5) is 0 Å². The number of hydrogen-bond acceptors (Lipinski definition) is 2. The Bertz CT molecular complexity index is 525. The Balaban J connectivity index is 2.08. The molecule has 100 valence electrons. The summed E-state index contributed by atoms with van der Waals surface area (Å²) in [6, 6.07) is 15.6. The monoisotopic (exact) mass is 275 g/mol. The number of rotatable bonds is 5. The van der Waals surface area contributed by atoms with Crippen LogP contribution in [0.15, 0.2) is 48.5 Å². The maximum Gasteiger partial charge on any atom is 0.127 e. The first-order valence-electron chi connectivity index (χ1n) is 6.45. The van der Waals surface area contributed by atoms with Crippen molar-refractivity contribution in [2.45, 2.75) is 25.8 Å². The molecular formula is C16H18ClNO. The molecule has 2 aromatic carbocycles. The molecule has 0 saturated heterocycles. The second-order valence-electron chi connectivity index (χ2n) is 4.58. The Morgan fingerprint density at radius 3 is 2.53 bits per heavy atom. The first-order valence-corrected chi connectivity index (χ1v) is 6.83. The van der Waals surface area contributed by atoms with Gasteiger partial charge in [-0.3, -0.25) is 0 Å². The molecule has 2 nitrogen and oxygen atoms in total. The minimum absolute atomic E-state index is 0.200. The maximum absolute atomic E-state index is 5.97. The molecule has 19 heavy (non-hydrogen) atoms. The molecule has 0 fully saturated rings. The van der Waals surface area contributed by atoms with Crippen molar-refractivity contribution >= 4 is 11.6 Å². The molecule has 0 radical (unpaired) electrons. The second-order valence-corrected chi connectivity index (χ2v) is 5.01. The normalized spacial score (nSPS) is 12.2. The topological polar surface area (TPSA) is 35.2 Å². The van der Waals surface area contributed by atoms with Crippen molar-refractivity contribution in [3.8, 4) is 11.5 Å². The summed E-state index contributed by atoms with van der Waals surface area (Å²) in [5.41, 5.74) is 7.16. The standard InChI is InChI=1S/C16H18ClNO/c1-2-14(18)10-12-4-3-5-16(11-12)19-15-8-6-13(17)7-9-15/h3-9,11,14H,2,10,18H2,1H3. The van der Waals surface area contributed by atoms with Gasteiger partial charge in [-0.2, -0.15) is 0 Å². The van der Waals surface area contributed by atoms with Gasteiger partial charge in [0.1, 0.15) is 11.5 Å². The molecule has 0 amide bonds. The predicted molar refractivity (Wildman–Crippen MR) is 79.9 cm³/mol. The van der Waals surface area contributed by atoms with E-state index >= 15 is 0 Å². The molecule has 2 aromatic rings. The summed E-state index contributed by atoms with van der Waals surface area (Å²) in [7, 11) is 0. The lowest BCUT2D eigenvalue weighted by Gasteiger charge is -2.11. The lowest BCUT2D eigenvalue weighted by atomic mass is 10.0. The van der Waals surface area contributed by atoms with Crippen LogP contribution in [0.5, 0.6) is 11.5 Å². The highest BCUT2D eigenvalue weighted by atomic mass is 35.5. The summed E-state index contributed by atoms with van der Waals surface area (Å²) in [4.78, 5) is 0. The number of ether oxygens (including phenoxy) is 1. The second kappa shape index (κ2) is 6.60. The van der Waals surface area contributed by atoms with Crippen molar-refractivity contribution in [1.29, 1.82) is 0 Å². The summed E-state index contributed by atoms with van der Waals surface area (Å²) < 4.78 is 5.79. The highest BCUT2D eigenvalue weighted by Crippen LogP contribution is 2.24. The minimum Gasteiger partial charge on any atom is -0.457 e. The molecule has 1 atom stereocenters. The van der Waals surface area contributed by atoms with Gasteiger partial charge in [0.05, 0.1) is 0 Å². The first kappa shape index (κ1) is 13.9. The molecule has 0 spiro atoms. The molecule has 2 rings (SSSR count). The van der Waals surface area contributed by atoms with Gasteiger partial charge >= 0.3 is 0 Å². The average Bonchev–Trinajstić information content (AvgIpc) is 2.42. The van der Waals surface area contributed by atoms with E-state index in [4.69, 9.17) is 22.1 Å². The molecule has 2 N–H and O–H groups in total. The largest absolute Gasteiger partial charge is 0.457 e. The quantitative estimate of drug-likeness (QED) is 0.877. The van der Waals surface area contributed by atoms with E-state index in [1.165, 1.54) is 5.56 Å². The zero-order valence-corrected chi connectivity index (χ0v) is 11.7. The zero-order chi connectivity index (χ0) is 13.7. The van der Waals surface area contributed by atoms with Crippen molar-refractivity contribution in [2.24, 2.45) is 5.73 Å². The highest BCUT2D eigenvalue weighted by Gasteiger charge is 2.03. The van der Waals surface area contributed by atoms with Crippen LogP contribution in [0.25, 0.3) is 0 Å². The summed E-state index contributed by atoms with van der Waals surface area (Å²) in [6.45, 7) is 2.10. The van der Waals surface area contributed by atoms with Crippen molar-refractivity contribution < 1.29 is 4.74 Å². The van der Waals surface area contributed by atoms with Crippen molar-refractivity contribution in [1.82, 2.24) is 0 Å². The van der Waals surface area contributed by atoms with E-state index in [0.717, 1.165) is 24.3 Å². The summed E-state index contributed by atoms with van der Waals surface area (Å²) in [5, 5.41) is 0.704. The smallest absolute Gasteiger partial charge is 0.127 e. The zero-order valence-electron chi connectivity index (χ0n) is 11.0. The van der Waals surface area contributed by atoms with Crippen LogP contribution in [0.1, 0.15) is 18.9 Å². The van der Waals surface area contributed by atoms with Gasteiger partial charge in [-0.15, -0.1) is 0 Å². The summed E-state index contributed by atoms with van der Waals surface area (Å²) >= 11 is 5.84. The van der Waals surface area contributed by atoms with Crippen molar-refractivity contribution in [3.05, 3.63) is 59.1 Å². The molecular weight excluding hydrogens is 258 g/mol. The third-order valence-electron chi connectivity index (χ3n) is 2.97. The van der Waals surface area contributed by atoms with E-state index in [1.54, 1.807) is 0 Å². The highest BCUT2D eigenvalue weighted by molar-refractivity contribution is 6.30. The number of benzene rings is 2. The van der Waals surface area contributed by atoms with Gasteiger partial charge in [-0.05, 0) is 54.8 Å². The van der Waals surface area contributed by atoms with E-state index in [-0.39, 0.29) is 6.04 Å². The van der Waals surface area contributed by atoms with E-state index in [9.17, 15) is 0 Å². The van der Waals surface area contributed by atoms with Crippen molar-refractivity contribution in [3.63, 3.8) is 0 Å². The van der Waals surface area contributed by atoms with Crippen LogP contribution in [0.3, 0.4) is 0 Å². The summed E-state index contributed by atoms with van der Waals surface area (Å²) in [6.07, 6.45) is 1.84. The van der Waals surface area contributed by atoms with Gasteiger partial charge in [0.2, 0.25) is 0 Å². The Morgan fingerprint density at radius 1 is 1.11 bits per heavy atom. The van der Waals surface area contributed by atoms with Crippen molar-refractivity contribution in [2.75, 3.05) is 0 Å². The maximum atomic E-state index is 5.97. The van der Waals surface area contributed by atoms with E-state index in [2.05, 4.69) is 13.0 Å². The summed E-state index contributed by atoms with van der Waals surface area (Å²) in [5.74, 6) is 1.60. The van der Waals surface area contributed by atoms with Gasteiger partial charge in [0.15, 0.2) is 0 Å². The van der Waals surface area contributed by atoms with Crippen LogP contribution in [0.2, 0.25) is 5.02 Å². The molecule has 0 aliphatic carbocycles. The fourth-order valence-electron chi connectivity index (χ4n) is 1.82. The predicted octanol–water partition coefficient (Wildman–Crippen LogP) is 4.41. The lowest BCUT2D eigenvalue weighted by Crippen LogP contribution is -2.21. The Kier molecular flexibility index (Phi) is 4.83. The number of nitrogens with two attached hydrogens (primary N) is 1. The molecule has 0 aliphatic rings. The van der Waals surface area contributed by atoms with Crippen LogP contribution in [0, 0.1) is 0 Å². The minimum atomic E-state index is 0.200. The van der Waals surface area contributed by atoms with Crippen LogP contribution in [-0.4, -0.2) is 6.04 Å². The molecule has 1 unspecified atom stereocenters. The molecule has 0 bridgehead atoms. The lowest BCUT2D eigenvalue weighted by molar-refractivity contribution is 0.481. The fourth-order valence-corrected chi connectivity index (χ4v) is 1.95. The fraction of sp³-hybridized carbons (Fsp3) is 0.250. The third kappa shape index (κ3) is 4.27. The van der Waals surface area contributed by atoms with Crippen LogP contribution < -0.4 is 10.5 Å². The molecule has 0 aromatic heterocycles. The molecule has 0 aliphatic heterocycles. The first-order chi connectivity index (χ1) is 9.17. The van der Waals surface area contributed by atoms with E-state index in [1.807, 2.05) is 42.5 Å². The van der Waals surface area contributed by atoms with Gasteiger partial charge in [-0.25, -0.2) is 0 Å². The third-order valence-corrected chi connectivity index (χ3v) is 3.22. The Hall–Kier alpha value is -1.51. The Labute approximate surface area is 119 Å². The van der Waals surface area contributed by atoms with Gasteiger partial charge in [-0.1, -0.05) is 30.7 Å². The van der Waals surface area contributed by atoms with Crippen LogP contribution in [-0.2, 0) is 6.42 Å². The SMILES string of the molecule is CCC(N)Cc1cccc(Oc2ccc(Cl)cc2)c1. The van der Waals surface area contributed by atoms with E-state index in [0.29, 0.717) is 5.02 Å². The van der Waals surface area contributed by atoms with Gasteiger partial charge < -0.3 is 10.5 Å². The molecule has 0 saturated carbocycles. The molecule has 0 heterocycles. The molecule has 3 heteroatoms. The average molecular weight is 276 g/mol. The van der Waals surface area contributed by atoms with Crippen LogP contribution >= 0.6 is 11.6 Å². The van der Waals surface area contributed by atoms with Gasteiger partial charge in [0, 0.05) is 11.1 Å². The Morgan fingerprint density at radius 2 is 1.84 bits per heavy atom.